The van der Waals surface area contributed by atoms with Crippen molar-refractivity contribution < 1.29 is 4.74 Å². The Bertz CT molecular complexity index is 473. The van der Waals surface area contributed by atoms with Crippen molar-refractivity contribution in [1.29, 1.82) is 0 Å². The van der Waals surface area contributed by atoms with Crippen molar-refractivity contribution in [3.63, 3.8) is 0 Å². The molecule has 1 heterocycles. The fourth-order valence-corrected chi connectivity index (χ4v) is 4.09. The Hall–Kier alpha value is -0.760. The molecule has 2 saturated carbocycles. The molecule has 2 aliphatic rings. The van der Waals surface area contributed by atoms with E-state index in [-0.39, 0.29) is 5.41 Å². The van der Waals surface area contributed by atoms with Gasteiger partial charge in [0, 0.05) is 17.7 Å². The summed E-state index contributed by atoms with van der Waals surface area (Å²) in [6, 6.07) is 3.71. The Kier molecular flexibility index (Phi) is 2.64. The lowest BCUT2D eigenvalue weighted by Gasteiger charge is -2.38. The van der Waals surface area contributed by atoms with Gasteiger partial charge in [0.25, 0.3) is 0 Å². The largest absolute Gasteiger partial charge is 0.490 e. The second-order valence-electron chi connectivity index (χ2n) is 6.53. The number of hydrogen-bond acceptors (Lipinski definition) is 2. The van der Waals surface area contributed by atoms with Crippen LogP contribution in [-0.4, -0.2) is 11.1 Å². The van der Waals surface area contributed by atoms with Gasteiger partial charge in [0.1, 0.15) is 17.0 Å². The second-order valence-corrected chi connectivity index (χ2v) is 6.92. The molecule has 98 valence electrons. The molecule has 3 atom stereocenters. The monoisotopic (exact) mass is 265 g/mol. The van der Waals surface area contributed by atoms with Crippen molar-refractivity contribution in [2.24, 2.45) is 16.7 Å². The van der Waals surface area contributed by atoms with Crippen molar-refractivity contribution in [3.05, 3.63) is 23.5 Å². The highest BCUT2D eigenvalue weighted by molar-refractivity contribution is 6.29. The maximum absolute atomic E-state index is 6.20. The van der Waals surface area contributed by atoms with Gasteiger partial charge in [-0.05, 0) is 36.7 Å². The smallest absolute Gasteiger partial charge is 0.132 e. The standard InChI is InChI=1S/C15H20ClNO/c1-14(2)10-4-6-15(14,3)12(8-10)18-11-5-7-17-13(16)9-11/h5,7,9-10,12H,4,6,8H2,1-3H3. The average molecular weight is 266 g/mol. The molecule has 0 radical (unpaired) electrons. The lowest BCUT2D eigenvalue weighted by atomic mass is 9.70. The summed E-state index contributed by atoms with van der Waals surface area (Å²) in [6.07, 6.45) is 5.81. The molecule has 2 bridgehead atoms. The van der Waals surface area contributed by atoms with Crippen LogP contribution in [0.5, 0.6) is 5.75 Å². The highest BCUT2D eigenvalue weighted by Gasteiger charge is 2.62. The van der Waals surface area contributed by atoms with Gasteiger partial charge in [0.2, 0.25) is 0 Å². The third-order valence-corrected chi connectivity index (χ3v) is 5.90. The normalized spacial score (nSPS) is 36.9. The SMILES string of the molecule is CC1(C)C2CCC1(C)C(Oc1ccnc(Cl)c1)C2. The number of hydrogen-bond donors (Lipinski definition) is 0. The molecule has 2 aliphatic carbocycles. The Labute approximate surface area is 114 Å². The van der Waals surface area contributed by atoms with Crippen LogP contribution in [0.15, 0.2) is 18.3 Å². The van der Waals surface area contributed by atoms with Crippen LogP contribution < -0.4 is 4.74 Å². The summed E-state index contributed by atoms with van der Waals surface area (Å²) in [5, 5.41) is 0.500. The number of nitrogens with zero attached hydrogens (tertiary/aromatic N) is 1. The molecule has 0 N–H and O–H groups in total. The van der Waals surface area contributed by atoms with Crippen LogP contribution in [0.4, 0.5) is 0 Å². The highest BCUT2D eigenvalue weighted by Crippen LogP contribution is 2.66. The number of rotatable bonds is 2. The summed E-state index contributed by atoms with van der Waals surface area (Å²) in [5.74, 6) is 1.65. The summed E-state index contributed by atoms with van der Waals surface area (Å²) in [6.45, 7) is 7.18. The maximum atomic E-state index is 6.20. The third kappa shape index (κ3) is 1.58. The van der Waals surface area contributed by atoms with Crippen molar-refractivity contribution in [1.82, 2.24) is 4.98 Å². The first kappa shape index (κ1) is 12.3. The molecular weight excluding hydrogens is 246 g/mol. The zero-order valence-corrected chi connectivity index (χ0v) is 12.0. The van der Waals surface area contributed by atoms with E-state index >= 15 is 0 Å². The minimum Gasteiger partial charge on any atom is -0.490 e. The van der Waals surface area contributed by atoms with Gasteiger partial charge in [0.05, 0.1) is 0 Å². The van der Waals surface area contributed by atoms with E-state index in [4.69, 9.17) is 16.3 Å². The Morgan fingerprint density at radius 2 is 2.17 bits per heavy atom. The van der Waals surface area contributed by atoms with Crippen LogP contribution in [0.25, 0.3) is 0 Å². The molecule has 18 heavy (non-hydrogen) atoms. The molecule has 0 aliphatic heterocycles. The van der Waals surface area contributed by atoms with Crippen molar-refractivity contribution in [2.75, 3.05) is 0 Å². The minimum absolute atomic E-state index is 0.285. The van der Waals surface area contributed by atoms with E-state index in [0.29, 0.717) is 16.7 Å². The third-order valence-electron chi connectivity index (χ3n) is 5.69. The van der Waals surface area contributed by atoms with Crippen molar-refractivity contribution in [2.45, 2.75) is 46.1 Å². The van der Waals surface area contributed by atoms with Crippen LogP contribution in [0, 0.1) is 16.7 Å². The van der Waals surface area contributed by atoms with Gasteiger partial charge in [-0.25, -0.2) is 4.98 Å². The number of fused-ring (bicyclic) bond motifs is 2. The number of pyridine rings is 1. The molecule has 3 heteroatoms. The first-order valence-electron chi connectivity index (χ1n) is 6.72. The van der Waals surface area contributed by atoms with Crippen LogP contribution >= 0.6 is 11.6 Å². The molecule has 3 rings (SSSR count). The van der Waals surface area contributed by atoms with E-state index in [1.54, 1.807) is 6.20 Å². The van der Waals surface area contributed by atoms with Gasteiger partial charge in [0.15, 0.2) is 0 Å². The number of aromatic nitrogens is 1. The summed E-state index contributed by atoms with van der Waals surface area (Å²) < 4.78 is 6.20. The summed E-state index contributed by atoms with van der Waals surface area (Å²) in [5.41, 5.74) is 0.669. The molecular formula is C15H20ClNO. The molecule has 1 aromatic heterocycles. The van der Waals surface area contributed by atoms with Gasteiger partial charge >= 0.3 is 0 Å². The van der Waals surface area contributed by atoms with Crippen molar-refractivity contribution in [3.8, 4) is 5.75 Å². The highest BCUT2D eigenvalue weighted by atomic mass is 35.5. The number of ether oxygens (including phenoxy) is 1. The zero-order chi connectivity index (χ0) is 13.0. The molecule has 3 unspecified atom stereocenters. The maximum Gasteiger partial charge on any atom is 0.132 e. The van der Waals surface area contributed by atoms with E-state index in [9.17, 15) is 0 Å². The predicted molar refractivity (Wildman–Crippen MR) is 72.9 cm³/mol. The van der Waals surface area contributed by atoms with Crippen molar-refractivity contribution >= 4 is 11.6 Å². The quantitative estimate of drug-likeness (QED) is 0.743. The lowest BCUT2D eigenvalue weighted by Crippen LogP contribution is -2.38. The van der Waals surface area contributed by atoms with Gasteiger partial charge < -0.3 is 4.74 Å². The number of halogens is 1. The minimum atomic E-state index is 0.285. The van der Waals surface area contributed by atoms with E-state index in [1.165, 1.54) is 19.3 Å². The Morgan fingerprint density at radius 1 is 1.39 bits per heavy atom. The predicted octanol–water partition coefficient (Wildman–Crippen LogP) is 4.33. The molecule has 2 nitrogen and oxygen atoms in total. The van der Waals surface area contributed by atoms with Gasteiger partial charge in [-0.15, -0.1) is 0 Å². The van der Waals surface area contributed by atoms with Crippen LogP contribution in [-0.2, 0) is 0 Å². The molecule has 0 amide bonds. The van der Waals surface area contributed by atoms with E-state index in [1.807, 2.05) is 12.1 Å². The molecule has 0 aromatic carbocycles. The van der Waals surface area contributed by atoms with E-state index in [2.05, 4.69) is 25.8 Å². The van der Waals surface area contributed by atoms with E-state index < -0.39 is 0 Å². The van der Waals surface area contributed by atoms with Gasteiger partial charge in [-0.3, -0.25) is 0 Å². The zero-order valence-electron chi connectivity index (χ0n) is 11.2. The summed E-state index contributed by atoms with van der Waals surface area (Å²) in [4.78, 5) is 3.99. The fourth-order valence-electron chi connectivity index (χ4n) is 3.93. The first-order chi connectivity index (χ1) is 8.43. The van der Waals surface area contributed by atoms with Crippen LogP contribution in [0.2, 0.25) is 5.15 Å². The van der Waals surface area contributed by atoms with Crippen LogP contribution in [0.1, 0.15) is 40.0 Å². The van der Waals surface area contributed by atoms with E-state index in [0.717, 1.165) is 11.7 Å². The molecule has 0 saturated heterocycles. The molecule has 0 spiro atoms. The topological polar surface area (TPSA) is 22.1 Å². The summed E-state index contributed by atoms with van der Waals surface area (Å²) >= 11 is 5.91. The Morgan fingerprint density at radius 3 is 2.72 bits per heavy atom. The second kappa shape index (κ2) is 3.86. The summed E-state index contributed by atoms with van der Waals surface area (Å²) in [7, 11) is 0. The first-order valence-corrected chi connectivity index (χ1v) is 7.09. The fraction of sp³-hybridized carbons (Fsp3) is 0.667. The van der Waals surface area contributed by atoms with Gasteiger partial charge in [-0.1, -0.05) is 32.4 Å². The molecule has 2 fully saturated rings. The lowest BCUT2D eigenvalue weighted by molar-refractivity contribution is 0.0301. The molecule has 1 aromatic rings. The Balaban J connectivity index is 1.84. The average Bonchev–Trinajstić information content (AvgIpc) is 2.62. The van der Waals surface area contributed by atoms with Gasteiger partial charge in [-0.2, -0.15) is 0 Å². The van der Waals surface area contributed by atoms with Crippen LogP contribution in [0.3, 0.4) is 0 Å².